The van der Waals surface area contributed by atoms with Crippen LogP contribution in [-0.4, -0.2) is 4.98 Å². The van der Waals surface area contributed by atoms with E-state index in [1.165, 1.54) is 0 Å². The standard InChI is InChI=1S/C5H4BrIN2/c6-3-1-2-4(7)9-5(3)8/h1-2H,(H2,8,9). The number of aromatic nitrogens is 1. The summed E-state index contributed by atoms with van der Waals surface area (Å²) in [6, 6.07) is 3.77. The van der Waals surface area contributed by atoms with Crippen LogP contribution in [0, 0.1) is 3.70 Å². The molecule has 2 nitrogen and oxygen atoms in total. The van der Waals surface area contributed by atoms with Gasteiger partial charge in [-0.2, -0.15) is 0 Å². The molecule has 4 heteroatoms. The van der Waals surface area contributed by atoms with Gasteiger partial charge in [-0.25, -0.2) is 4.98 Å². The molecule has 0 saturated carbocycles. The minimum Gasteiger partial charge on any atom is -0.383 e. The summed E-state index contributed by atoms with van der Waals surface area (Å²) in [5, 5.41) is 0. The topological polar surface area (TPSA) is 38.9 Å². The predicted molar refractivity (Wildman–Crippen MR) is 49.1 cm³/mol. The van der Waals surface area contributed by atoms with E-state index >= 15 is 0 Å². The SMILES string of the molecule is Nc1nc(I)ccc1Br. The Hall–Kier alpha value is 0.160. The molecule has 1 heterocycles. The molecule has 0 bridgehead atoms. The van der Waals surface area contributed by atoms with Crippen molar-refractivity contribution in [1.82, 2.24) is 4.98 Å². The maximum absolute atomic E-state index is 5.46. The molecule has 0 saturated heterocycles. The molecule has 0 atom stereocenters. The molecule has 2 N–H and O–H groups in total. The highest BCUT2D eigenvalue weighted by Crippen LogP contribution is 2.16. The maximum atomic E-state index is 5.46. The van der Waals surface area contributed by atoms with Crippen LogP contribution in [-0.2, 0) is 0 Å². The van der Waals surface area contributed by atoms with Gasteiger partial charge in [-0.05, 0) is 50.7 Å². The van der Waals surface area contributed by atoms with E-state index < -0.39 is 0 Å². The highest BCUT2D eigenvalue weighted by molar-refractivity contribution is 14.1. The van der Waals surface area contributed by atoms with Gasteiger partial charge in [0.1, 0.15) is 9.52 Å². The summed E-state index contributed by atoms with van der Waals surface area (Å²) < 4.78 is 1.76. The fourth-order valence-electron chi connectivity index (χ4n) is 0.433. The number of hydrogen-bond acceptors (Lipinski definition) is 2. The van der Waals surface area contributed by atoms with Crippen molar-refractivity contribution in [3.05, 3.63) is 20.3 Å². The zero-order chi connectivity index (χ0) is 6.85. The Bertz CT molecular complexity index is 226. The normalized spacial score (nSPS) is 9.56. The summed E-state index contributed by atoms with van der Waals surface area (Å²) >= 11 is 5.35. The van der Waals surface area contributed by atoms with E-state index in [2.05, 4.69) is 43.5 Å². The van der Waals surface area contributed by atoms with Gasteiger partial charge in [-0.3, -0.25) is 0 Å². The first-order valence-corrected chi connectivity index (χ1v) is 4.15. The van der Waals surface area contributed by atoms with Crippen molar-refractivity contribution >= 4 is 44.3 Å². The number of pyridine rings is 1. The molecular weight excluding hydrogens is 295 g/mol. The molecular formula is C5H4BrIN2. The molecule has 1 aromatic rings. The Morgan fingerprint density at radius 1 is 1.56 bits per heavy atom. The lowest BCUT2D eigenvalue weighted by Crippen LogP contribution is -1.91. The molecule has 1 aromatic heterocycles. The van der Waals surface area contributed by atoms with Gasteiger partial charge in [0.2, 0.25) is 0 Å². The van der Waals surface area contributed by atoms with Gasteiger partial charge in [0.05, 0.1) is 4.47 Å². The molecule has 0 aliphatic heterocycles. The third-order valence-electron chi connectivity index (χ3n) is 0.839. The van der Waals surface area contributed by atoms with E-state index in [1.54, 1.807) is 0 Å². The van der Waals surface area contributed by atoms with Crippen molar-refractivity contribution in [2.45, 2.75) is 0 Å². The van der Waals surface area contributed by atoms with E-state index in [0.29, 0.717) is 5.82 Å². The first-order valence-electron chi connectivity index (χ1n) is 2.27. The molecule has 0 fully saturated rings. The molecule has 1 rings (SSSR count). The van der Waals surface area contributed by atoms with Gasteiger partial charge in [-0.15, -0.1) is 0 Å². The van der Waals surface area contributed by atoms with Crippen LogP contribution in [0.4, 0.5) is 5.82 Å². The third-order valence-corrected chi connectivity index (χ3v) is 2.11. The molecule has 9 heavy (non-hydrogen) atoms. The zero-order valence-corrected chi connectivity index (χ0v) is 8.18. The second kappa shape index (κ2) is 2.83. The number of rotatable bonds is 0. The van der Waals surface area contributed by atoms with Crippen LogP contribution in [0.1, 0.15) is 0 Å². The van der Waals surface area contributed by atoms with Crippen LogP contribution >= 0.6 is 38.5 Å². The molecule has 0 aliphatic rings. The van der Waals surface area contributed by atoms with Crippen LogP contribution < -0.4 is 5.73 Å². The Morgan fingerprint density at radius 2 is 2.22 bits per heavy atom. The summed E-state index contributed by atoms with van der Waals surface area (Å²) in [7, 11) is 0. The molecule has 0 radical (unpaired) electrons. The van der Waals surface area contributed by atoms with Gasteiger partial charge in [0.25, 0.3) is 0 Å². The monoisotopic (exact) mass is 298 g/mol. The van der Waals surface area contributed by atoms with Gasteiger partial charge in [0.15, 0.2) is 0 Å². The second-order valence-electron chi connectivity index (χ2n) is 1.50. The average Bonchev–Trinajstić information content (AvgIpc) is 1.80. The van der Waals surface area contributed by atoms with Crippen molar-refractivity contribution in [1.29, 1.82) is 0 Å². The Morgan fingerprint density at radius 3 is 2.67 bits per heavy atom. The zero-order valence-electron chi connectivity index (χ0n) is 4.44. The fraction of sp³-hybridized carbons (Fsp3) is 0. The summed E-state index contributed by atoms with van der Waals surface area (Å²) in [6.45, 7) is 0. The van der Waals surface area contributed by atoms with E-state index in [-0.39, 0.29) is 0 Å². The smallest absolute Gasteiger partial charge is 0.138 e. The summed E-state index contributed by atoms with van der Waals surface area (Å²) in [5.74, 6) is 0.543. The van der Waals surface area contributed by atoms with Crippen molar-refractivity contribution in [2.24, 2.45) is 0 Å². The van der Waals surface area contributed by atoms with E-state index in [0.717, 1.165) is 8.17 Å². The van der Waals surface area contributed by atoms with Crippen LogP contribution in [0.2, 0.25) is 0 Å². The lowest BCUT2D eigenvalue weighted by atomic mass is 10.5. The Kier molecular flexibility index (Phi) is 2.29. The Labute approximate surface area is 75.1 Å². The molecule has 0 unspecified atom stereocenters. The lowest BCUT2D eigenvalue weighted by molar-refractivity contribution is 1.27. The maximum Gasteiger partial charge on any atom is 0.138 e. The molecule has 0 amide bonds. The number of nitrogens with two attached hydrogens (primary N) is 1. The predicted octanol–water partition coefficient (Wildman–Crippen LogP) is 2.03. The highest BCUT2D eigenvalue weighted by Gasteiger charge is 1.94. The van der Waals surface area contributed by atoms with Crippen molar-refractivity contribution in [2.75, 3.05) is 5.73 Å². The number of halogens is 2. The van der Waals surface area contributed by atoms with E-state index in [1.807, 2.05) is 12.1 Å². The third kappa shape index (κ3) is 1.79. The quantitative estimate of drug-likeness (QED) is 0.588. The fourth-order valence-corrected chi connectivity index (χ4v) is 1.09. The first-order chi connectivity index (χ1) is 4.20. The second-order valence-corrected chi connectivity index (χ2v) is 3.46. The van der Waals surface area contributed by atoms with Crippen LogP contribution in [0.25, 0.3) is 0 Å². The molecule has 0 aromatic carbocycles. The Balaban J connectivity index is 3.17. The molecule has 0 aliphatic carbocycles. The largest absolute Gasteiger partial charge is 0.383 e. The molecule has 0 spiro atoms. The summed E-state index contributed by atoms with van der Waals surface area (Å²) in [5.41, 5.74) is 5.46. The van der Waals surface area contributed by atoms with E-state index in [4.69, 9.17) is 5.73 Å². The van der Waals surface area contributed by atoms with Crippen molar-refractivity contribution in [3.8, 4) is 0 Å². The first kappa shape index (κ1) is 7.27. The minimum atomic E-state index is 0.543. The van der Waals surface area contributed by atoms with Gasteiger partial charge in [0, 0.05) is 0 Å². The number of nitrogens with zero attached hydrogens (tertiary/aromatic N) is 1. The van der Waals surface area contributed by atoms with Gasteiger partial charge < -0.3 is 5.73 Å². The van der Waals surface area contributed by atoms with Crippen LogP contribution in [0.3, 0.4) is 0 Å². The number of nitrogen functional groups attached to an aromatic ring is 1. The van der Waals surface area contributed by atoms with Crippen LogP contribution in [0.5, 0.6) is 0 Å². The number of anilines is 1. The summed E-state index contributed by atoms with van der Waals surface area (Å²) in [6.07, 6.45) is 0. The van der Waals surface area contributed by atoms with Gasteiger partial charge >= 0.3 is 0 Å². The average molecular weight is 299 g/mol. The number of hydrogen-bond donors (Lipinski definition) is 1. The van der Waals surface area contributed by atoms with Gasteiger partial charge in [-0.1, -0.05) is 0 Å². The van der Waals surface area contributed by atoms with Crippen LogP contribution in [0.15, 0.2) is 16.6 Å². The minimum absolute atomic E-state index is 0.543. The lowest BCUT2D eigenvalue weighted by Gasteiger charge is -1.94. The summed E-state index contributed by atoms with van der Waals surface area (Å²) in [4.78, 5) is 3.99. The molecule has 48 valence electrons. The van der Waals surface area contributed by atoms with E-state index in [9.17, 15) is 0 Å². The van der Waals surface area contributed by atoms with Crippen molar-refractivity contribution < 1.29 is 0 Å². The highest BCUT2D eigenvalue weighted by atomic mass is 127. The van der Waals surface area contributed by atoms with Crippen molar-refractivity contribution in [3.63, 3.8) is 0 Å².